The molecule has 2 aromatic rings. The second kappa shape index (κ2) is 5.50. The summed E-state index contributed by atoms with van der Waals surface area (Å²) in [7, 11) is -0.828. The molecule has 0 saturated carbocycles. The van der Waals surface area contributed by atoms with E-state index in [0.717, 1.165) is 6.42 Å². The Kier molecular flexibility index (Phi) is 4.19. The smallest absolute Gasteiger partial charge is 0.178 e. The molecule has 0 spiro atoms. The van der Waals surface area contributed by atoms with Crippen molar-refractivity contribution in [2.75, 3.05) is 12.0 Å². The van der Waals surface area contributed by atoms with Gasteiger partial charge in [-0.2, -0.15) is 0 Å². The second-order valence-electron chi connectivity index (χ2n) is 4.00. The molecular formula is C11H12ClFN2OS2. The predicted molar refractivity (Wildman–Crippen MR) is 75.6 cm³/mol. The molecule has 0 fully saturated rings. The first kappa shape index (κ1) is 13.7. The van der Waals surface area contributed by atoms with Crippen LogP contribution >= 0.6 is 23.8 Å². The summed E-state index contributed by atoms with van der Waals surface area (Å²) in [4.78, 5) is 2.98. The van der Waals surface area contributed by atoms with Crippen LogP contribution in [0, 0.1) is 10.6 Å². The maximum atomic E-state index is 13.4. The third-order valence-corrected chi connectivity index (χ3v) is 4.11. The molecule has 3 nitrogen and oxygen atoms in total. The van der Waals surface area contributed by atoms with Crippen LogP contribution in [0.3, 0.4) is 0 Å². The van der Waals surface area contributed by atoms with E-state index < -0.39 is 16.6 Å². The molecule has 0 radical (unpaired) electrons. The summed E-state index contributed by atoms with van der Waals surface area (Å²) in [6.45, 7) is 0.611. The molecule has 7 heteroatoms. The third kappa shape index (κ3) is 2.81. The fourth-order valence-electron chi connectivity index (χ4n) is 1.80. The highest BCUT2D eigenvalue weighted by molar-refractivity contribution is 7.84. The van der Waals surface area contributed by atoms with Gasteiger partial charge in [0.15, 0.2) is 4.77 Å². The van der Waals surface area contributed by atoms with E-state index in [1.54, 1.807) is 10.8 Å². The van der Waals surface area contributed by atoms with Gasteiger partial charge >= 0.3 is 0 Å². The first-order valence-electron chi connectivity index (χ1n) is 5.36. The Hall–Kier alpha value is -0.720. The molecule has 18 heavy (non-hydrogen) atoms. The Balaban J connectivity index is 2.37. The van der Waals surface area contributed by atoms with E-state index in [1.807, 2.05) is 0 Å². The molecule has 0 saturated heterocycles. The number of hydrogen-bond donors (Lipinski definition) is 1. The summed E-state index contributed by atoms with van der Waals surface area (Å²) in [6, 6.07) is 2.89. The van der Waals surface area contributed by atoms with Gasteiger partial charge in [-0.15, -0.1) is 0 Å². The minimum absolute atomic E-state index is 0.0700. The van der Waals surface area contributed by atoms with Gasteiger partial charge in [0.2, 0.25) is 0 Å². The van der Waals surface area contributed by atoms with Crippen molar-refractivity contribution in [3.8, 4) is 0 Å². The molecule has 0 bridgehead atoms. The molecular weight excluding hydrogens is 295 g/mol. The predicted octanol–water partition coefficient (Wildman–Crippen LogP) is 3.26. The minimum atomic E-state index is -0.828. The monoisotopic (exact) mass is 306 g/mol. The number of rotatable bonds is 4. The molecule has 2 rings (SSSR count). The van der Waals surface area contributed by atoms with Crippen molar-refractivity contribution in [2.24, 2.45) is 0 Å². The molecule has 1 N–H and O–H groups in total. The van der Waals surface area contributed by atoms with Gasteiger partial charge in [0.25, 0.3) is 0 Å². The number of aromatic nitrogens is 2. The Morgan fingerprint density at radius 2 is 2.28 bits per heavy atom. The van der Waals surface area contributed by atoms with Crippen LogP contribution in [0.25, 0.3) is 11.0 Å². The molecule has 0 aliphatic rings. The van der Waals surface area contributed by atoms with Crippen molar-refractivity contribution in [2.45, 2.75) is 13.0 Å². The molecule has 1 unspecified atom stereocenters. The average Bonchev–Trinajstić information content (AvgIpc) is 2.56. The van der Waals surface area contributed by atoms with Crippen LogP contribution in [0.5, 0.6) is 0 Å². The number of aryl methyl sites for hydroxylation is 1. The summed E-state index contributed by atoms with van der Waals surface area (Å²) in [5.74, 6) is 0.135. The standard InChI is InChI=1S/C11H12ClFN2OS2/c1-18(16)4-2-3-15-10-6-8(13)7(12)5-9(10)14-11(15)17/h5-6H,2-4H2,1H3,(H,14,17). The number of fused-ring (bicyclic) bond motifs is 1. The lowest BCUT2D eigenvalue weighted by atomic mass is 10.3. The maximum absolute atomic E-state index is 13.4. The largest absolute Gasteiger partial charge is 0.331 e. The summed E-state index contributed by atoms with van der Waals surface area (Å²) >= 11 is 10.9. The van der Waals surface area contributed by atoms with Gasteiger partial charge < -0.3 is 9.55 Å². The highest BCUT2D eigenvalue weighted by atomic mass is 35.5. The van der Waals surface area contributed by atoms with E-state index in [0.29, 0.717) is 28.1 Å². The normalized spacial score (nSPS) is 13.1. The van der Waals surface area contributed by atoms with Gasteiger partial charge in [0.05, 0.1) is 16.1 Å². The van der Waals surface area contributed by atoms with Crippen molar-refractivity contribution in [1.29, 1.82) is 0 Å². The van der Waals surface area contributed by atoms with Crippen LogP contribution in [0.1, 0.15) is 6.42 Å². The molecule has 0 aliphatic carbocycles. The van der Waals surface area contributed by atoms with Crippen molar-refractivity contribution in [3.05, 3.63) is 27.7 Å². The van der Waals surface area contributed by atoms with E-state index in [9.17, 15) is 8.60 Å². The molecule has 1 aromatic heterocycles. The van der Waals surface area contributed by atoms with Crippen molar-refractivity contribution in [1.82, 2.24) is 9.55 Å². The zero-order valence-corrected chi connectivity index (χ0v) is 12.1. The lowest BCUT2D eigenvalue weighted by Gasteiger charge is -2.04. The van der Waals surface area contributed by atoms with Crippen molar-refractivity contribution < 1.29 is 8.60 Å². The van der Waals surface area contributed by atoms with Crippen molar-refractivity contribution >= 4 is 45.7 Å². The van der Waals surface area contributed by atoms with Gasteiger partial charge in [-0.05, 0) is 24.7 Å². The van der Waals surface area contributed by atoms with Gasteiger partial charge in [-0.25, -0.2) is 4.39 Å². The molecule has 1 heterocycles. The maximum Gasteiger partial charge on any atom is 0.178 e. The lowest BCUT2D eigenvalue weighted by molar-refractivity contribution is 0.626. The number of halogens is 2. The zero-order valence-electron chi connectivity index (χ0n) is 9.70. The van der Waals surface area contributed by atoms with Gasteiger partial charge in [0.1, 0.15) is 5.82 Å². The molecule has 1 aromatic carbocycles. The number of imidazole rings is 1. The Bertz CT molecular complexity index is 665. The molecule has 1 atom stereocenters. The Morgan fingerprint density at radius 3 is 2.94 bits per heavy atom. The summed E-state index contributed by atoms with van der Waals surface area (Å²) in [5.41, 5.74) is 1.40. The number of nitrogens with one attached hydrogen (secondary N) is 1. The van der Waals surface area contributed by atoms with Crippen LogP contribution in [0.15, 0.2) is 12.1 Å². The van der Waals surface area contributed by atoms with Crippen LogP contribution in [-0.4, -0.2) is 25.8 Å². The quantitative estimate of drug-likeness (QED) is 0.880. The first-order valence-corrected chi connectivity index (χ1v) is 7.88. The van der Waals surface area contributed by atoms with Crippen LogP contribution in [0.4, 0.5) is 4.39 Å². The topological polar surface area (TPSA) is 37.8 Å². The highest BCUT2D eigenvalue weighted by Crippen LogP contribution is 2.22. The van der Waals surface area contributed by atoms with Gasteiger partial charge in [-0.3, -0.25) is 4.21 Å². The number of H-pyrrole nitrogens is 1. The SMILES string of the molecule is CS(=O)CCCn1c(=S)[nH]c2cc(Cl)c(F)cc21. The Morgan fingerprint density at radius 1 is 1.56 bits per heavy atom. The summed E-state index contributed by atoms with van der Waals surface area (Å²) in [6.07, 6.45) is 2.39. The highest BCUT2D eigenvalue weighted by Gasteiger charge is 2.09. The summed E-state index contributed by atoms with van der Waals surface area (Å²) < 4.78 is 26.8. The van der Waals surface area contributed by atoms with Gasteiger partial charge in [0, 0.05) is 35.4 Å². The van der Waals surface area contributed by atoms with E-state index in [4.69, 9.17) is 23.8 Å². The third-order valence-electron chi connectivity index (χ3n) is 2.63. The number of nitrogens with zero attached hydrogens (tertiary/aromatic N) is 1. The fourth-order valence-corrected chi connectivity index (χ4v) is 2.80. The van der Waals surface area contributed by atoms with Crippen LogP contribution in [0.2, 0.25) is 5.02 Å². The van der Waals surface area contributed by atoms with Crippen molar-refractivity contribution in [3.63, 3.8) is 0 Å². The second-order valence-corrected chi connectivity index (χ2v) is 6.34. The van der Waals surface area contributed by atoms with E-state index in [1.165, 1.54) is 12.1 Å². The summed E-state index contributed by atoms with van der Waals surface area (Å²) in [5, 5.41) is 0.0700. The minimum Gasteiger partial charge on any atom is -0.331 e. The molecule has 0 aliphatic heterocycles. The number of hydrogen-bond acceptors (Lipinski definition) is 2. The lowest BCUT2D eigenvalue weighted by Crippen LogP contribution is -2.03. The average molecular weight is 307 g/mol. The van der Waals surface area contributed by atoms with Crippen LogP contribution < -0.4 is 0 Å². The number of aromatic amines is 1. The fraction of sp³-hybridized carbons (Fsp3) is 0.364. The zero-order chi connectivity index (χ0) is 13.3. The first-order chi connectivity index (χ1) is 8.49. The molecule has 98 valence electrons. The van der Waals surface area contributed by atoms with E-state index in [2.05, 4.69) is 4.98 Å². The van der Waals surface area contributed by atoms with Gasteiger partial charge in [-0.1, -0.05) is 11.6 Å². The Labute approximate surface area is 116 Å². The van der Waals surface area contributed by atoms with E-state index in [-0.39, 0.29) is 5.02 Å². The molecule has 0 amide bonds. The van der Waals surface area contributed by atoms with E-state index >= 15 is 0 Å². The number of benzene rings is 1. The van der Waals surface area contributed by atoms with Crippen LogP contribution in [-0.2, 0) is 17.3 Å².